The number of nitrogens with zero attached hydrogens (tertiary/aromatic N) is 1. The number of rotatable bonds is 4. The molecule has 2 saturated carbocycles. The van der Waals surface area contributed by atoms with Crippen molar-refractivity contribution < 1.29 is 34.2 Å². The van der Waals surface area contributed by atoms with E-state index in [2.05, 4.69) is 15.3 Å². The quantitative estimate of drug-likeness (QED) is 0.246. The molecule has 6 N–H and O–H groups in total. The lowest BCUT2D eigenvalue weighted by Gasteiger charge is -2.48. The first-order valence-corrected chi connectivity index (χ1v) is 12.5. The zero-order valence-corrected chi connectivity index (χ0v) is 20.5. The highest BCUT2D eigenvalue weighted by Crippen LogP contribution is 2.50. The molecule has 11 heteroatoms. The number of carbonyl (C=O) groups is 5. The third kappa shape index (κ3) is 3.61. The Balaban J connectivity index is 1.32. The third-order valence-electron chi connectivity index (χ3n) is 8.19. The van der Waals surface area contributed by atoms with Crippen molar-refractivity contribution in [2.45, 2.75) is 24.9 Å². The fourth-order valence-electron chi connectivity index (χ4n) is 6.32. The summed E-state index contributed by atoms with van der Waals surface area (Å²) in [5.74, 6) is -10.1. The van der Waals surface area contributed by atoms with Crippen LogP contribution >= 0.6 is 0 Å². The average Bonchev–Trinajstić information content (AvgIpc) is 3.37. The average molecular weight is 529 g/mol. The summed E-state index contributed by atoms with van der Waals surface area (Å²) in [7, 11) is 0. The second-order valence-electron chi connectivity index (χ2n) is 10.4. The molecule has 39 heavy (non-hydrogen) atoms. The van der Waals surface area contributed by atoms with Crippen LogP contribution in [0.15, 0.2) is 48.7 Å². The van der Waals surface area contributed by atoms with Crippen LogP contribution in [-0.4, -0.2) is 54.8 Å². The van der Waals surface area contributed by atoms with E-state index < -0.39 is 64.1 Å². The van der Waals surface area contributed by atoms with Gasteiger partial charge in [0.05, 0.1) is 29.1 Å². The highest BCUT2D eigenvalue weighted by atomic mass is 16.3. The number of H-pyrrole nitrogens is 1. The maximum atomic E-state index is 13.7. The first-order valence-electron chi connectivity index (χ1n) is 12.5. The predicted octanol–water partition coefficient (Wildman–Crippen LogP) is 1.46. The molecule has 6 rings (SSSR count). The van der Waals surface area contributed by atoms with Gasteiger partial charge in [-0.1, -0.05) is 36.4 Å². The normalized spacial score (nSPS) is 27.9. The summed E-state index contributed by atoms with van der Waals surface area (Å²) in [6.07, 6.45) is 1.52. The number of amides is 1. The van der Waals surface area contributed by atoms with Gasteiger partial charge in [0, 0.05) is 12.3 Å². The minimum atomic E-state index is -2.67. The number of hydrogen-bond acceptors (Lipinski definition) is 9. The zero-order valence-electron chi connectivity index (χ0n) is 20.5. The van der Waals surface area contributed by atoms with Gasteiger partial charge in [0.1, 0.15) is 5.75 Å². The molecule has 2 aromatic carbocycles. The van der Waals surface area contributed by atoms with Gasteiger partial charge in [-0.2, -0.15) is 0 Å². The van der Waals surface area contributed by atoms with Crippen LogP contribution in [0.1, 0.15) is 28.8 Å². The third-order valence-corrected chi connectivity index (χ3v) is 8.19. The molecule has 0 spiro atoms. The Bertz CT molecular complexity index is 1580. The number of aromatic hydroxyl groups is 1. The van der Waals surface area contributed by atoms with Gasteiger partial charge in [-0.3, -0.25) is 24.0 Å². The van der Waals surface area contributed by atoms with Crippen molar-refractivity contribution in [3.63, 3.8) is 0 Å². The summed E-state index contributed by atoms with van der Waals surface area (Å²) < 4.78 is 0. The molecule has 1 amide bonds. The van der Waals surface area contributed by atoms with Crippen LogP contribution < -0.4 is 11.1 Å². The molecule has 2 unspecified atom stereocenters. The number of carbonyl (C=O) groups excluding carboxylic acids is 5. The molecule has 0 aliphatic heterocycles. The standard InChI is InChI=1S/C28H24N4O7/c29-26(38)21-18(33)10-15-9-14-8-13-6-7-16(31-27-30-11-17(32-27)12-4-2-1-3-5-12)22(34)19(13)23(35)20(14)24(36)28(15,39)25(21)37/h1-7,11,14-15,20-21,34,39H,8-10H2,(H2,29,38)(H2,30,31,32)/t14-,15-,20?,21?,28-/m0/s1. The van der Waals surface area contributed by atoms with Crippen LogP contribution in [0, 0.1) is 23.7 Å². The van der Waals surface area contributed by atoms with Crippen molar-refractivity contribution in [2.24, 2.45) is 29.4 Å². The highest BCUT2D eigenvalue weighted by Gasteiger charge is 2.66. The Morgan fingerprint density at radius 2 is 1.79 bits per heavy atom. The molecule has 0 saturated heterocycles. The molecule has 11 nitrogen and oxygen atoms in total. The Hall–Kier alpha value is -4.64. The van der Waals surface area contributed by atoms with Crippen molar-refractivity contribution in [3.8, 4) is 17.0 Å². The van der Waals surface area contributed by atoms with E-state index in [0.717, 1.165) is 11.3 Å². The molecule has 3 aromatic rings. The van der Waals surface area contributed by atoms with E-state index in [0.29, 0.717) is 11.5 Å². The van der Waals surface area contributed by atoms with Gasteiger partial charge < -0.3 is 26.2 Å². The van der Waals surface area contributed by atoms with E-state index in [1.54, 1.807) is 18.3 Å². The first-order chi connectivity index (χ1) is 18.6. The molecule has 0 bridgehead atoms. The summed E-state index contributed by atoms with van der Waals surface area (Å²) in [6, 6.07) is 12.7. The van der Waals surface area contributed by atoms with Gasteiger partial charge in [-0.25, -0.2) is 4.98 Å². The van der Waals surface area contributed by atoms with E-state index in [1.165, 1.54) is 0 Å². The van der Waals surface area contributed by atoms with Gasteiger partial charge in [0.2, 0.25) is 11.9 Å². The molecule has 3 aliphatic carbocycles. The molecule has 1 heterocycles. The molecule has 2 fully saturated rings. The van der Waals surface area contributed by atoms with Crippen molar-refractivity contribution in [3.05, 3.63) is 59.8 Å². The number of ketones is 4. The molecule has 0 radical (unpaired) electrons. The fourth-order valence-corrected chi connectivity index (χ4v) is 6.32. The second kappa shape index (κ2) is 8.70. The number of phenols is 1. The molecular formula is C28H24N4O7. The first kappa shape index (κ1) is 24.7. The highest BCUT2D eigenvalue weighted by molar-refractivity contribution is 6.31. The Labute approximate surface area is 221 Å². The number of hydrogen-bond donors (Lipinski definition) is 5. The van der Waals surface area contributed by atoms with Crippen molar-refractivity contribution in [1.82, 2.24) is 9.97 Å². The topological polar surface area (TPSA) is 193 Å². The Morgan fingerprint density at radius 1 is 1.05 bits per heavy atom. The number of aromatic nitrogens is 2. The summed E-state index contributed by atoms with van der Waals surface area (Å²) in [6.45, 7) is 0. The van der Waals surface area contributed by atoms with Crippen LogP contribution in [-0.2, 0) is 25.6 Å². The van der Waals surface area contributed by atoms with Crippen LogP contribution in [0.25, 0.3) is 11.3 Å². The summed E-state index contributed by atoms with van der Waals surface area (Å²) >= 11 is 0. The van der Waals surface area contributed by atoms with Gasteiger partial charge in [-0.05, 0) is 36.0 Å². The number of primary amides is 1. The Kier molecular flexibility index (Phi) is 5.51. The van der Waals surface area contributed by atoms with Crippen LogP contribution in [0.4, 0.5) is 11.6 Å². The largest absolute Gasteiger partial charge is 0.505 e. The minimum absolute atomic E-state index is 0.0521. The van der Waals surface area contributed by atoms with Crippen molar-refractivity contribution >= 4 is 40.7 Å². The SMILES string of the molecule is NC(=O)C1C(=O)C[C@@H]2C[C@@H]3Cc4ccc(Nc5ncc(-c6ccccc6)[nH]5)c(O)c4C(=O)C3C(=O)[C@]2(O)C1=O. The number of aliphatic hydroxyl groups is 1. The molecule has 3 aliphatic rings. The minimum Gasteiger partial charge on any atom is -0.505 e. The van der Waals surface area contributed by atoms with Crippen LogP contribution in [0.3, 0.4) is 0 Å². The van der Waals surface area contributed by atoms with Gasteiger partial charge in [0.25, 0.3) is 0 Å². The van der Waals surface area contributed by atoms with E-state index in [9.17, 15) is 34.2 Å². The van der Waals surface area contributed by atoms with E-state index in [1.807, 2.05) is 30.3 Å². The van der Waals surface area contributed by atoms with E-state index in [4.69, 9.17) is 5.73 Å². The van der Waals surface area contributed by atoms with Crippen molar-refractivity contribution in [2.75, 3.05) is 5.32 Å². The van der Waals surface area contributed by atoms with Crippen LogP contribution in [0.2, 0.25) is 0 Å². The summed E-state index contributed by atoms with van der Waals surface area (Å²) in [4.78, 5) is 71.8. The fraction of sp³-hybridized carbons (Fsp3) is 0.286. The Morgan fingerprint density at radius 3 is 2.51 bits per heavy atom. The summed E-state index contributed by atoms with van der Waals surface area (Å²) in [5, 5.41) is 25.3. The molecular weight excluding hydrogens is 504 g/mol. The number of nitrogens with two attached hydrogens (primary N) is 1. The number of aromatic amines is 1. The lowest BCUT2D eigenvalue weighted by atomic mass is 9.54. The van der Waals surface area contributed by atoms with E-state index in [-0.39, 0.29) is 30.5 Å². The number of anilines is 2. The van der Waals surface area contributed by atoms with Crippen LogP contribution in [0.5, 0.6) is 5.75 Å². The number of Topliss-reactive ketones (excluding diaryl/α,β-unsaturated/α-hetero) is 4. The smallest absolute Gasteiger partial charge is 0.235 e. The van der Waals surface area contributed by atoms with Gasteiger partial charge >= 0.3 is 0 Å². The molecule has 198 valence electrons. The number of fused-ring (bicyclic) bond motifs is 3. The van der Waals surface area contributed by atoms with Crippen molar-refractivity contribution in [1.29, 1.82) is 0 Å². The number of benzene rings is 2. The van der Waals surface area contributed by atoms with Gasteiger partial charge in [0.15, 0.2) is 34.7 Å². The lowest BCUT2D eigenvalue weighted by Crippen LogP contribution is -2.68. The maximum Gasteiger partial charge on any atom is 0.235 e. The molecule has 5 atom stereocenters. The monoisotopic (exact) mass is 528 g/mol. The predicted molar refractivity (Wildman–Crippen MR) is 136 cm³/mol. The van der Waals surface area contributed by atoms with Gasteiger partial charge in [-0.15, -0.1) is 0 Å². The van der Waals surface area contributed by atoms with E-state index >= 15 is 0 Å². The number of nitrogens with one attached hydrogen (secondary N) is 2. The zero-order chi connectivity index (χ0) is 27.6. The molecule has 1 aromatic heterocycles. The maximum absolute atomic E-state index is 13.7. The lowest BCUT2D eigenvalue weighted by molar-refractivity contribution is -0.175. The number of phenolic OH excluding ortho intramolecular Hbond substituents is 1. The number of imidazole rings is 1. The summed E-state index contributed by atoms with van der Waals surface area (Å²) in [5.41, 5.74) is 4.77. The second-order valence-corrected chi connectivity index (χ2v) is 10.4.